The average Bonchev–Trinajstić information content (AvgIpc) is 2.84. The summed E-state index contributed by atoms with van der Waals surface area (Å²) in [7, 11) is 0. The summed E-state index contributed by atoms with van der Waals surface area (Å²) >= 11 is 0. The molecule has 2 fully saturated rings. The maximum absolute atomic E-state index is 13.3. The van der Waals surface area contributed by atoms with Gasteiger partial charge in [-0.15, -0.1) is 0 Å². The van der Waals surface area contributed by atoms with Crippen molar-refractivity contribution < 1.29 is 9.59 Å². The van der Waals surface area contributed by atoms with Gasteiger partial charge in [0, 0.05) is 19.5 Å². The van der Waals surface area contributed by atoms with Gasteiger partial charge in [-0.05, 0) is 56.4 Å². The number of piperidine rings is 2. The van der Waals surface area contributed by atoms with Gasteiger partial charge in [-0.2, -0.15) is 0 Å². The van der Waals surface area contributed by atoms with E-state index in [2.05, 4.69) is 10.2 Å². The molecule has 0 aliphatic carbocycles. The summed E-state index contributed by atoms with van der Waals surface area (Å²) in [4.78, 5) is 30.7. The minimum atomic E-state index is -0.236. The molecule has 1 N–H and O–H groups in total. The summed E-state index contributed by atoms with van der Waals surface area (Å²) in [5, 5.41) is 3.19. The summed E-state index contributed by atoms with van der Waals surface area (Å²) in [6.45, 7) is 4.63. The van der Waals surface area contributed by atoms with Gasteiger partial charge in [0.2, 0.25) is 11.8 Å². The lowest BCUT2D eigenvalue weighted by molar-refractivity contribution is -0.144. The van der Waals surface area contributed by atoms with E-state index in [9.17, 15) is 9.59 Å². The molecule has 2 saturated heterocycles. The van der Waals surface area contributed by atoms with E-state index in [0.717, 1.165) is 24.1 Å². The second kappa shape index (κ2) is 11.3. The van der Waals surface area contributed by atoms with Crippen LogP contribution in [0.4, 0.5) is 0 Å². The molecule has 0 saturated carbocycles. The first-order chi connectivity index (χ1) is 15.7. The average molecular weight is 434 g/mol. The highest BCUT2D eigenvalue weighted by Crippen LogP contribution is 2.38. The number of carbonyl (C=O) groups excluding carboxylic acids is 2. The summed E-state index contributed by atoms with van der Waals surface area (Å²) in [5.74, 6) is -0.0336. The van der Waals surface area contributed by atoms with Crippen LogP contribution in [0.2, 0.25) is 0 Å². The quantitative estimate of drug-likeness (QED) is 0.636. The van der Waals surface area contributed by atoms with E-state index >= 15 is 0 Å². The van der Waals surface area contributed by atoms with Gasteiger partial charge in [0.25, 0.3) is 0 Å². The number of benzene rings is 2. The molecule has 2 heterocycles. The van der Waals surface area contributed by atoms with Crippen LogP contribution in [-0.2, 0) is 16.1 Å². The highest BCUT2D eigenvalue weighted by Gasteiger charge is 2.40. The smallest absolute Gasteiger partial charge is 0.225 e. The minimum absolute atomic E-state index is 0.0723. The zero-order chi connectivity index (χ0) is 22.2. The molecule has 0 bridgehead atoms. The van der Waals surface area contributed by atoms with E-state index < -0.39 is 0 Å². The normalized spacial score (nSPS) is 22.0. The van der Waals surface area contributed by atoms with E-state index in [-0.39, 0.29) is 23.8 Å². The van der Waals surface area contributed by atoms with E-state index in [1.54, 1.807) is 0 Å². The van der Waals surface area contributed by atoms with Crippen LogP contribution < -0.4 is 5.32 Å². The number of likely N-dealkylation sites (tertiary alicyclic amines) is 2. The second-order valence-corrected chi connectivity index (χ2v) is 9.05. The molecule has 2 aromatic rings. The highest BCUT2D eigenvalue weighted by molar-refractivity contribution is 5.85. The fourth-order valence-corrected chi connectivity index (χ4v) is 5.08. The zero-order valence-corrected chi connectivity index (χ0v) is 18.9. The standard InChI is InChI=1S/C27H35N3O2/c31-25-16-15-24(27(32)28-17-10-20-29-18-8-3-9-19-29)26(23-13-6-2-7-14-23)30(25)21-22-11-4-1-5-12-22/h1-2,4-7,11-14,24,26H,3,8-10,15-21H2,(H,28,32). The van der Waals surface area contributed by atoms with E-state index in [1.165, 1.54) is 32.4 Å². The number of hydrogen-bond donors (Lipinski definition) is 1. The van der Waals surface area contributed by atoms with Gasteiger partial charge in [0.15, 0.2) is 0 Å². The lowest BCUT2D eigenvalue weighted by Gasteiger charge is -2.41. The number of nitrogens with one attached hydrogen (secondary N) is 1. The molecule has 5 nitrogen and oxygen atoms in total. The topological polar surface area (TPSA) is 52.7 Å². The molecule has 32 heavy (non-hydrogen) atoms. The number of rotatable bonds is 8. The summed E-state index contributed by atoms with van der Waals surface area (Å²) in [6, 6.07) is 19.9. The molecule has 4 rings (SSSR count). The Balaban J connectivity index is 1.44. The number of nitrogens with zero attached hydrogens (tertiary/aromatic N) is 2. The Kier molecular flexibility index (Phi) is 7.94. The maximum atomic E-state index is 13.3. The Morgan fingerprint density at radius 2 is 1.62 bits per heavy atom. The molecule has 2 atom stereocenters. The van der Waals surface area contributed by atoms with E-state index in [1.807, 2.05) is 65.6 Å². The van der Waals surface area contributed by atoms with Crippen molar-refractivity contribution in [2.45, 2.75) is 51.1 Å². The minimum Gasteiger partial charge on any atom is -0.356 e. The third-order valence-electron chi connectivity index (χ3n) is 6.78. The summed E-state index contributed by atoms with van der Waals surface area (Å²) in [6.07, 6.45) is 5.91. The van der Waals surface area contributed by atoms with Crippen molar-refractivity contribution in [3.63, 3.8) is 0 Å². The Morgan fingerprint density at radius 1 is 0.938 bits per heavy atom. The summed E-state index contributed by atoms with van der Waals surface area (Å²) in [5.41, 5.74) is 2.12. The molecule has 170 valence electrons. The second-order valence-electron chi connectivity index (χ2n) is 9.05. The van der Waals surface area contributed by atoms with Crippen molar-refractivity contribution >= 4 is 11.8 Å². The molecular formula is C27H35N3O2. The number of amides is 2. The Bertz CT molecular complexity index is 865. The van der Waals surface area contributed by atoms with Gasteiger partial charge in [-0.1, -0.05) is 67.1 Å². The van der Waals surface area contributed by atoms with Gasteiger partial charge in [-0.25, -0.2) is 0 Å². The fraction of sp³-hybridized carbons (Fsp3) is 0.481. The summed E-state index contributed by atoms with van der Waals surface area (Å²) < 4.78 is 0. The molecule has 0 aromatic heterocycles. The van der Waals surface area contributed by atoms with Crippen molar-refractivity contribution in [3.05, 3.63) is 71.8 Å². The van der Waals surface area contributed by atoms with Crippen LogP contribution in [0.5, 0.6) is 0 Å². The molecular weight excluding hydrogens is 398 g/mol. The first-order valence-electron chi connectivity index (χ1n) is 12.1. The van der Waals surface area contributed by atoms with Gasteiger partial charge in [0.1, 0.15) is 0 Å². The van der Waals surface area contributed by atoms with Crippen LogP contribution >= 0.6 is 0 Å². The molecule has 5 heteroatoms. The van der Waals surface area contributed by atoms with Crippen molar-refractivity contribution in [1.29, 1.82) is 0 Å². The van der Waals surface area contributed by atoms with Crippen molar-refractivity contribution in [2.24, 2.45) is 5.92 Å². The van der Waals surface area contributed by atoms with Gasteiger partial charge >= 0.3 is 0 Å². The van der Waals surface area contributed by atoms with E-state index in [4.69, 9.17) is 0 Å². The van der Waals surface area contributed by atoms with Gasteiger partial charge in [-0.3, -0.25) is 9.59 Å². The number of hydrogen-bond acceptors (Lipinski definition) is 3. The number of carbonyl (C=O) groups is 2. The predicted molar refractivity (Wildman–Crippen MR) is 127 cm³/mol. The van der Waals surface area contributed by atoms with Crippen LogP contribution in [0.15, 0.2) is 60.7 Å². The molecule has 0 spiro atoms. The Labute approximate surface area is 191 Å². The third-order valence-corrected chi connectivity index (χ3v) is 6.78. The molecule has 2 aliphatic rings. The Morgan fingerprint density at radius 3 is 2.34 bits per heavy atom. The maximum Gasteiger partial charge on any atom is 0.225 e. The lowest BCUT2D eigenvalue weighted by atomic mass is 9.83. The third kappa shape index (κ3) is 5.77. The molecule has 2 amide bonds. The molecule has 0 radical (unpaired) electrons. The highest BCUT2D eigenvalue weighted by atomic mass is 16.2. The molecule has 2 aliphatic heterocycles. The van der Waals surface area contributed by atoms with Gasteiger partial charge < -0.3 is 15.1 Å². The SMILES string of the molecule is O=C(NCCCN1CCCCC1)C1CCC(=O)N(Cc2ccccc2)C1c1ccccc1. The van der Waals surface area contributed by atoms with Crippen LogP contribution in [0, 0.1) is 5.92 Å². The van der Waals surface area contributed by atoms with Crippen molar-refractivity contribution in [3.8, 4) is 0 Å². The predicted octanol–water partition coefficient (Wildman–Crippen LogP) is 4.16. The largest absolute Gasteiger partial charge is 0.356 e. The monoisotopic (exact) mass is 433 g/mol. The van der Waals surface area contributed by atoms with Crippen LogP contribution in [0.1, 0.15) is 55.7 Å². The first kappa shape index (κ1) is 22.5. The first-order valence-corrected chi connectivity index (χ1v) is 12.1. The van der Waals surface area contributed by atoms with Crippen molar-refractivity contribution in [1.82, 2.24) is 15.1 Å². The zero-order valence-electron chi connectivity index (χ0n) is 18.9. The van der Waals surface area contributed by atoms with Crippen LogP contribution in [0.3, 0.4) is 0 Å². The van der Waals surface area contributed by atoms with E-state index in [0.29, 0.717) is 25.9 Å². The molecule has 2 aromatic carbocycles. The van der Waals surface area contributed by atoms with Gasteiger partial charge in [0.05, 0.1) is 12.0 Å². The Hall–Kier alpha value is -2.66. The van der Waals surface area contributed by atoms with Crippen LogP contribution in [0.25, 0.3) is 0 Å². The fourth-order valence-electron chi connectivity index (χ4n) is 5.08. The van der Waals surface area contributed by atoms with Crippen LogP contribution in [-0.4, -0.2) is 47.8 Å². The lowest BCUT2D eigenvalue weighted by Crippen LogP contribution is -2.48. The van der Waals surface area contributed by atoms with Crippen molar-refractivity contribution in [2.75, 3.05) is 26.2 Å². The molecule has 2 unspecified atom stereocenters.